The molecule has 0 aliphatic rings. The van der Waals surface area contributed by atoms with Crippen LogP contribution in [0.4, 0.5) is 5.82 Å². The van der Waals surface area contributed by atoms with Gasteiger partial charge in [0.1, 0.15) is 17.9 Å². The molecule has 1 atom stereocenters. The lowest BCUT2D eigenvalue weighted by molar-refractivity contribution is 0.407. The molecule has 0 aliphatic heterocycles. The third-order valence-corrected chi connectivity index (χ3v) is 4.90. The van der Waals surface area contributed by atoms with Gasteiger partial charge in [-0.25, -0.2) is 9.97 Å². The zero-order valence-corrected chi connectivity index (χ0v) is 18.9. The van der Waals surface area contributed by atoms with Crippen LogP contribution in [0.1, 0.15) is 30.5 Å². The molecule has 6 nitrogen and oxygen atoms in total. The molecule has 30 heavy (non-hydrogen) atoms. The van der Waals surface area contributed by atoms with Crippen molar-refractivity contribution in [3.63, 3.8) is 0 Å². The number of benzene rings is 1. The summed E-state index contributed by atoms with van der Waals surface area (Å²) in [6, 6.07) is 14.2. The molecule has 2 N–H and O–H groups in total. The van der Waals surface area contributed by atoms with Crippen LogP contribution in [-0.4, -0.2) is 42.2 Å². The topological polar surface area (TPSA) is 72.0 Å². The molecule has 0 bridgehead atoms. The number of rotatable bonds is 10. The van der Waals surface area contributed by atoms with Crippen LogP contribution in [-0.2, 0) is 6.42 Å². The Morgan fingerprint density at radius 2 is 1.90 bits per heavy atom. The summed E-state index contributed by atoms with van der Waals surface area (Å²) in [5, 5.41) is 6.60. The van der Waals surface area contributed by atoms with Crippen LogP contribution < -0.4 is 15.4 Å². The van der Waals surface area contributed by atoms with Crippen molar-refractivity contribution < 1.29 is 4.74 Å². The Bertz CT molecular complexity index is 921. The molecule has 160 valence electrons. The van der Waals surface area contributed by atoms with Gasteiger partial charge in [0.05, 0.1) is 12.8 Å². The Morgan fingerprint density at radius 3 is 2.70 bits per heavy atom. The SMILES string of the molecule is CNCCCc1cc(-c2cc(NC[C@@H](C)c3ccccc3OC)ncn2)ccn1.S. The van der Waals surface area contributed by atoms with E-state index in [-0.39, 0.29) is 19.4 Å². The van der Waals surface area contributed by atoms with E-state index in [1.54, 1.807) is 13.4 Å². The van der Waals surface area contributed by atoms with Gasteiger partial charge in [-0.15, -0.1) is 0 Å². The first-order valence-corrected chi connectivity index (χ1v) is 10.00. The van der Waals surface area contributed by atoms with Gasteiger partial charge in [-0.05, 0) is 50.2 Å². The second-order valence-corrected chi connectivity index (χ2v) is 7.06. The number of ether oxygens (including phenoxy) is 1. The maximum absolute atomic E-state index is 5.48. The van der Waals surface area contributed by atoms with Crippen molar-refractivity contribution in [2.75, 3.05) is 32.6 Å². The first-order valence-electron chi connectivity index (χ1n) is 10.00. The molecule has 0 saturated carbocycles. The molecular weight excluding hydrogens is 394 g/mol. The van der Waals surface area contributed by atoms with Crippen molar-refractivity contribution in [1.82, 2.24) is 20.3 Å². The first kappa shape index (κ1) is 23.6. The lowest BCUT2D eigenvalue weighted by Gasteiger charge is -2.16. The zero-order valence-electron chi connectivity index (χ0n) is 17.9. The summed E-state index contributed by atoms with van der Waals surface area (Å²) in [6.45, 7) is 3.91. The average molecular weight is 426 g/mol. The van der Waals surface area contributed by atoms with Crippen molar-refractivity contribution in [2.45, 2.75) is 25.7 Å². The molecule has 1 aromatic carbocycles. The number of methoxy groups -OCH3 is 1. The highest BCUT2D eigenvalue weighted by molar-refractivity contribution is 7.59. The number of nitrogens with zero attached hydrogens (tertiary/aromatic N) is 3. The van der Waals surface area contributed by atoms with E-state index in [4.69, 9.17) is 4.74 Å². The Balaban J connectivity index is 0.00000320. The summed E-state index contributed by atoms with van der Waals surface area (Å²) >= 11 is 0. The average Bonchev–Trinajstić information content (AvgIpc) is 2.78. The maximum Gasteiger partial charge on any atom is 0.129 e. The summed E-state index contributed by atoms with van der Waals surface area (Å²) in [5.74, 6) is 2.00. The lowest BCUT2D eigenvalue weighted by atomic mass is 10.00. The highest BCUT2D eigenvalue weighted by Crippen LogP contribution is 2.26. The number of aryl methyl sites for hydroxylation is 1. The Morgan fingerprint density at radius 1 is 1.07 bits per heavy atom. The normalized spacial score (nSPS) is 11.4. The third kappa shape index (κ3) is 6.43. The fraction of sp³-hybridized carbons (Fsp3) is 0.348. The van der Waals surface area contributed by atoms with E-state index in [0.717, 1.165) is 54.4 Å². The standard InChI is InChI=1S/C23H29N5O.H2S/c1-17(20-8-4-5-9-22(20)29-3)15-26-23-14-21(27-16-28-23)18-10-12-25-19(13-18)7-6-11-24-2;/h4-5,8-10,12-14,16-17,24H,6-7,11,15H2,1-3H3,(H,26,27,28);1H2/t17-;/m1./s1. The summed E-state index contributed by atoms with van der Waals surface area (Å²) in [5.41, 5.74) is 4.21. The lowest BCUT2D eigenvalue weighted by Crippen LogP contribution is -2.12. The largest absolute Gasteiger partial charge is 0.496 e. The summed E-state index contributed by atoms with van der Waals surface area (Å²) < 4.78 is 5.48. The fourth-order valence-corrected chi connectivity index (χ4v) is 3.27. The van der Waals surface area contributed by atoms with Crippen molar-refractivity contribution in [3.8, 4) is 17.0 Å². The van der Waals surface area contributed by atoms with Gasteiger partial charge in [-0.3, -0.25) is 4.98 Å². The Hall–Kier alpha value is -2.64. The number of anilines is 1. The molecule has 0 fully saturated rings. The predicted octanol–water partition coefficient (Wildman–Crippen LogP) is 4.03. The summed E-state index contributed by atoms with van der Waals surface area (Å²) in [7, 11) is 3.67. The number of nitrogens with one attached hydrogen (secondary N) is 2. The quantitative estimate of drug-likeness (QED) is 0.478. The molecule has 0 spiro atoms. The van der Waals surface area contributed by atoms with E-state index in [1.165, 1.54) is 5.56 Å². The minimum atomic E-state index is 0. The van der Waals surface area contributed by atoms with Crippen molar-refractivity contribution in [3.05, 3.63) is 66.2 Å². The van der Waals surface area contributed by atoms with Crippen LogP contribution in [0, 0.1) is 0 Å². The van der Waals surface area contributed by atoms with Gasteiger partial charge in [0.15, 0.2) is 0 Å². The number of hydrogen-bond acceptors (Lipinski definition) is 6. The van der Waals surface area contributed by atoms with Crippen LogP contribution in [0.15, 0.2) is 55.0 Å². The van der Waals surface area contributed by atoms with E-state index in [2.05, 4.69) is 44.6 Å². The fourth-order valence-electron chi connectivity index (χ4n) is 3.27. The van der Waals surface area contributed by atoms with Crippen LogP contribution in [0.25, 0.3) is 11.3 Å². The molecule has 3 rings (SSSR count). The maximum atomic E-state index is 5.48. The molecule has 0 saturated heterocycles. The molecular formula is C23H31N5OS. The number of aromatic nitrogens is 3. The predicted molar refractivity (Wildman–Crippen MR) is 128 cm³/mol. The summed E-state index contributed by atoms with van der Waals surface area (Å²) in [6.07, 6.45) is 5.46. The summed E-state index contributed by atoms with van der Waals surface area (Å²) in [4.78, 5) is 13.3. The third-order valence-electron chi connectivity index (χ3n) is 4.90. The highest BCUT2D eigenvalue weighted by Gasteiger charge is 2.11. The van der Waals surface area contributed by atoms with Crippen LogP contribution in [0.5, 0.6) is 5.75 Å². The molecule has 0 aliphatic carbocycles. The van der Waals surface area contributed by atoms with Crippen LogP contribution in [0.2, 0.25) is 0 Å². The molecule has 7 heteroatoms. The van der Waals surface area contributed by atoms with E-state index >= 15 is 0 Å². The van der Waals surface area contributed by atoms with E-state index < -0.39 is 0 Å². The van der Waals surface area contributed by atoms with Crippen LogP contribution in [0.3, 0.4) is 0 Å². The zero-order chi connectivity index (χ0) is 20.5. The van der Waals surface area contributed by atoms with Gasteiger partial charge in [-0.1, -0.05) is 25.1 Å². The second kappa shape index (κ2) is 12.1. The Labute approximate surface area is 186 Å². The van der Waals surface area contributed by atoms with E-state index in [1.807, 2.05) is 43.6 Å². The number of pyridine rings is 1. The minimum Gasteiger partial charge on any atom is -0.496 e. The van der Waals surface area contributed by atoms with Crippen LogP contribution >= 0.6 is 13.5 Å². The van der Waals surface area contributed by atoms with Gasteiger partial charge in [-0.2, -0.15) is 13.5 Å². The van der Waals surface area contributed by atoms with Gasteiger partial charge < -0.3 is 15.4 Å². The van der Waals surface area contributed by atoms with Gasteiger partial charge in [0, 0.05) is 36.0 Å². The Kier molecular flexibility index (Phi) is 9.57. The van der Waals surface area contributed by atoms with Gasteiger partial charge in [0.2, 0.25) is 0 Å². The number of para-hydroxylation sites is 1. The van der Waals surface area contributed by atoms with Crippen molar-refractivity contribution in [1.29, 1.82) is 0 Å². The molecule has 0 unspecified atom stereocenters. The molecule has 0 amide bonds. The smallest absolute Gasteiger partial charge is 0.129 e. The first-order chi connectivity index (χ1) is 14.2. The van der Waals surface area contributed by atoms with E-state index in [0.29, 0.717) is 0 Å². The second-order valence-electron chi connectivity index (χ2n) is 7.06. The van der Waals surface area contributed by atoms with Gasteiger partial charge >= 0.3 is 0 Å². The molecule has 2 aromatic heterocycles. The van der Waals surface area contributed by atoms with Crippen molar-refractivity contribution >= 4 is 19.3 Å². The van der Waals surface area contributed by atoms with Gasteiger partial charge in [0.25, 0.3) is 0 Å². The molecule has 0 radical (unpaired) electrons. The number of hydrogen-bond donors (Lipinski definition) is 2. The van der Waals surface area contributed by atoms with Crippen molar-refractivity contribution in [2.24, 2.45) is 0 Å². The monoisotopic (exact) mass is 425 g/mol. The van der Waals surface area contributed by atoms with E-state index in [9.17, 15) is 0 Å². The molecule has 3 aromatic rings. The highest BCUT2D eigenvalue weighted by atomic mass is 32.1. The molecule has 2 heterocycles. The minimum absolute atomic E-state index is 0.